The van der Waals surface area contributed by atoms with Crippen molar-refractivity contribution in [3.8, 4) is 0 Å². The van der Waals surface area contributed by atoms with Crippen molar-refractivity contribution in [1.29, 1.82) is 0 Å². The van der Waals surface area contributed by atoms with E-state index in [1.54, 1.807) is 0 Å². The van der Waals surface area contributed by atoms with Gasteiger partial charge in [0.05, 0.1) is 0 Å². The van der Waals surface area contributed by atoms with Crippen LogP contribution in [-0.4, -0.2) is 30.4 Å². The molecule has 0 radical (unpaired) electrons. The molecule has 1 amide bonds. The predicted octanol–water partition coefficient (Wildman–Crippen LogP) is 3.47. The molecule has 1 saturated heterocycles. The number of hydrogen-bond donors (Lipinski definition) is 1. The molecule has 1 rings (SSSR count). The van der Waals surface area contributed by atoms with E-state index >= 15 is 0 Å². The molecule has 0 aromatic rings. The Labute approximate surface area is 118 Å². The minimum absolute atomic E-state index is 0.388. The minimum atomic E-state index is 0.388. The highest BCUT2D eigenvalue weighted by atomic mass is 16.2. The normalized spacial score (nSPS) is 15.1. The average Bonchev–Trinajstić information content (AvgIpc) is 2.95. The summed E-state index contributed by atoms with van der Waals surface area (Å²) in [6.07, 6.45) is 14.6. The van der Waals surface area contributed by atoms with Crippen LogP contribution in [0.25, 0.3) is 0 Å². The summed E-state index contributed by atoms with van der Waals surface area (Å²) < 4.78 is 0. The van der Waals surface area contributed by atoms with Crippen molar-refractivity contribution in [3.05, 3.63) is 0 Å². The van der Waals surface area contributed by atoms with Gasteiger partial charge in [-0.25, -0.2) is 0 Å². The molecule has 1 fully saturated rings. The summed E-state index contributed by atoms with van der Waals surface area (Å²) in [6, 6.07) is 0. The van der Waals surface area contributed by atoms with Crippen molar-refractivity contribution in [3.63, 3.8) is 0 Å². The van der Waals surface area contributed by atoms with Gasteiger partial charge in [0.1, 0.15) is 0 Å². The van der Waals surface area contributed by atoms with E-state index in [0.717, 1.165) is 32.5 Å². The third kappa shape index (κ3) is 8.25. The summed E-state index contributed by atoms with van der Waals surface area (Å²) in [4.78, 5) is 13.8. The van der Waals surface area contributed by atoms with Crippen molar-refractivity contribution >= 4 is 5.91 Å². The van der Waals surface area contributed by atoms with Crippen molar-refractivity contribution in [2.75, 3.05) is 19.6 Å². The fourth-order valence-electron chi connectivity index (χ4n) is 2.78. The van der Waals surface area contributed by atoms with Gasteiger partial charge in [0.25, 0.3) is 0 Å². The lowest BCUT2D eigenvalue weighted by atomic mass is 10.1. The van der Waals surface area contributed by atoms with Crippen LogP contribution in [0, 0.1) is 0 Å². The second-order valence-corrected chi connectivity index (χ2v) is 5.81. The Bertz CT molecular complexity index is 225. The smallest absolute Gasteiger partial charge is 0.222 e. The number of likely N-dealkylation sites (tertiary alicyclic amines) is 1. The third-order valence-electron chi connectivity index (χ3n) is 4.05. The molecule has 0 spiro atoms. The van der Waals surface area contributed by atoms with E-state index in [9.17, 15) is 4.79 Å². The van der Waals surface area contributed by atoms with E-state index in [1.165, 1.54) is 64.2 Å². The van der Waals surface area contributed by atoms with E-state index < -0.39 is 0 Å². The predicted molar refractivity (Wildman–Crippen MR) is 81.0 cm³/mol. The van der Waals surface area contributed by atoms with Gasteiger partial charge in [0.15, 0.2) is 0 Å². The molecule has 3 heteroatoms. The summed E-state index contributed by atoms with van der Waals surface area (Å²) in [6.45, 7) is 2.84. The molecule has 0 aliphatic carbocycles. The first kappa shape index (κ1) is 16.5. The van der Waals surface area contributed by atoms with Crippen LogP contribution in [0.5, 0.6) is 0 Å². The van der Waals surface area contributed by atoms with Gasteiger partial charge in [-0.3, -0.25) is 4.79 Å². The molecule has 2 N–H and O–H groups in total. The van der Waals surface area contributed by atoms with Crippen LogP contribution in [0.3, 0.4) is 0 Å². The summed E-state index contributed by atoms with van der Waals surface area (Å²) in [5.74, 6) is 0.388. The molecule has 1 aliphatic rings. The Morgan fingerprint density at radius 3 is 1.79 bits per heavy atom. The lowest BCUT2D eigenvalue weighted by Gasteiger charge is -2.14. The third-order valence-corrected chi connectivity index (χ3v) is 4.05. The van der Waals surface area contributed by atoms with E-state index in [2.05, 4.69) is 0 Å². The lowest BCUT2D eigenvalue weighted by Crippen LogP contribution is -2.27. The number of hydrogen-bond acceptors (Lipinski definition) is 2. The molecule has 0 aromatic heterocycles. The number of nitrogens with two attached hydrogens (primary N) is 1. The molecule has 1 heterocycles. The maximum Gasteiger partial charge on any atom is 0.222 e. The van der Waals surface area contributed by atoms with Crippen molar-refractivity contribution in [1.82, 2.24) is 4.90 Å². The summed E-state index contributed by atoms with van der Waals surface area (Å²) in [5.41, 5.74) is 5.46. The number of carbonyl (C=O) groups excluding carboxylic acids is 1. The van der Waals surface area contributed by atoms with Gasteiger partial charge in [-0.15, -0.1) is 0 Å². The molecular weight excluding hydrogens is 236 g/mol. The Balaban J connectivity index is 1.79. The Morgan fingerprint density at radius 2 is 1.26 bits per heavy atom. The van der Waals surface area contributed by atoms with Gasteiger partial charge in [-0.2, -0.15) is 0 Å². The molecule has 0 aromatic carbocycles. The van der Waals surface area contributed by atoms with Crippen LogP contribution in [0.1, 0.15) is 77.0 Å². The van der Waals surface area contributed by atoms with Crippen LogP contribution in [0.15, 0.2) is 0 Å². The van der Waals surface area contributed by atoms with Crippen LogP contribution in [0.2, 0.25) is 0 Å². The monoisotopic (exact) mass is 268 g/mol. The number of carbonyl (C=O) groups is 1. The Hall–Kier alpha value is -0.570. The first-order chi connectivity index (χ1) is 9.34. The largest absolute Gasteiger partial charge is 0.343 e. The Morgan fingerprint density at radius 1 is 0.789 bits per heavy atom. The molecule has 19 heavy (non-hydrogen) atoms. The molecule has 0 bridgehead atoms. The highest BCUT2D eigenvalue weighted by Gasteiger charge is 2.16. The number of rotatable bonds is 11. The molecular formula is C16H32N2O. The summed E-state index contributed by atoms with van der Waals surface area (Å²) in [5, 5.41) is 0. The maximum absolute atomic E-state index is 11.8. The van der Waals surface area contributed by atoms with E-state index in [4.69, 9.17) is 5.73 Å². The molecule has 1 aliphatic heterocycles. The van der Waals surface area contributed by atoms with Gasteiger partial charge in [0.2, 0.25) is 5.91 Å². The molecule has 3 nitrogen and oxygen atoms in total. The zero-order valence-electron chi connectivity index (χ0n) is 12.5. The fourth-order valence-corrected chi connectivity index (χ4v) is 2.78. The van der Waals surface area contributed by atoms with E-state index in [1.807, 2.05) is 4.90 Å². The van der Waals surface area contributed by atoms with Gasteiger partial charge >= 0.3 is 0 Å². The minimum Gasteiger partial charge on any atom is -0.343 e. The second kappa shape index (κ2) is 11.3. The SMILES string of the molecule is NCCCCCCCCCCCC(=O)N1CCCC1. The first-order valence-corrected chi connectivity index (χ1v) is 8.32. The number of unbranched alkanes of at least 4 members (excludes halogenated alkanes) is 8. The van der Waals surface area contributed by atoms with Crippen molar-refractivity contribution in [2.24, 2.45) is 5.73 Å². The summed E-state index contributed by atoms with van der Waals surface area (Å²) in [7, 11) is 0. The van der Waals surface area contributed by atoms with Crippen LogP contribution >= 0.6 is 0 Å². The van der Waals surface area contributed by atoms with Crippen molar-refractivity contribution < 1.29 is 4.79 Å². The van der Waals surface area contributed by atoms with Crippen LogP contribution in [0.4, 0.5) is 0 Å². The number of nitrogens with zero attached hydrogens (tertiary/aromatic N) is 1. The standard InChI is InChI=1S/C16H32N2O/c17-13-9-7-5-3-1-2-4-6-8-12-16(19)18-14-10-11-15-18/h1-15,17H2. The highest BCUT2D eigenvalue weighted by Crippen LogP contribution is 2.13. The average molecular weight is 268 g/mol. The van der Waals surface area contributed by atoms with Gasteiger partial charge in [0, 0.05) is 19.5 Å². The fraction of sp³-hybridized carbons (Fsp3) is 0.938. The van der Waals surface area contributed by atoms with Crippen LogP contribution < -0.4 is 5.73 Å². The highest BCUT2D eigenvalue weighted by molar-refractivity contribution is 5.76. The molecule has 0 unspecified atom stereocenters. The molecule has 0 atom stereocenters. The van der Waals surface area contributed by atoms with E-state index in [-0.39, 0.29) is 0 Å². The topological polar surface area (TPSA) is 46.3 Å². The quantitative estimate of drug-likeness (QED) is 0.583. The zero-order valence-corrected chi connectivity index (χ0v) is 12.5. The zero-order chi connectivity index (χ0) is 13.8. The van der Waals surface area contributed by atoms with E-state index in [0.29, 0.717) is 5.91 Å². The second-order valence-electron chi connectivity index (χ2n) is 5.81. The maximum atomic E-state index is 11.8. The Kier molecular flexibility index (Phi) is 9.78. The lowest BCUT2D eigenvalue weighted by molar-refractivity contribution is -0.130. The van der Waals surface area contributed by atoms with Gasteiger partial charge < -0.3 is 10.6 Å². The first-order valence-electron chi connectivity index (χ1n) is 8.32. The van der Waals surface area contributed by atoms with Crippen molar-refractivity contribution in [2.45, 2.75) is 77.0 Å². The molecule has 0 saturated carbocycles. The number of amides is 1. The molecule has 112 valence electrons. The van der Waals surface area contributed by atoms with Gasteiger partial charge in [-0.05, 0) is 32.2 Å². The van der Waals surface area contributed by atoms with Gasteiger partial charge in [-0.1, -0.05) is 44.9 Å². The summed E-state index contributed by atoms with van der Waals surface area (Å²) >= 11 is 0. The van der Waals surface area contributed by atoms with Crippen LogP contribution in [-0.2, 0) is 4.79 Å².